The lowest BCUT2D eigenvalue weighted by atomic mass is 9.88. The highest BCUT2D eigenvalue weighted by Crippen LogP contribution is 2.25. The molecule has 1 aliphatic rings. The zero-order valence-electron chi connectivity index (χ0n) is 13.8. The van der Waals surface area contributed by atoms with Crippen LogP contribution in [0.1, 0.15) is 40.0 Å². The fourth-order valence-corrected chi connectivity index (χ4v) is 4.13. The molecule has 1 aliphatic heterocycles. The van der Waals surface area contributed by atoms with E-state index in [1.165, 1.54) is 43.0 Å². The summed E-state index contributed by atoms with van der Waals surface area (Å²) < 4.78 is 0. The molecule has 3 heteroatoms. The molecule has 1 atom stereocenters. The molecule has 0 amide bonds. The Hall–Kier alpha value is -0.510. The highest BCUT2D eigenvalue weighted by Gasteiger charge is 2.35. The van der Waals surface area contributed by atoms with Crippen LogP contribution in [0.3, 0.4) is 0 Å². The Morgan fingerprint density at radius 1 is 1.19 bits per heavy atom. The number of benzene rings is 1. The van der Waals surface area contributed by atoms with E-state index in [1.54, 1.807) is 0 Å². The van der Waals surface area contributed by atoms with Gasteiger partial charge in [-0.25, -0.2) is 0 Å². The maximum Gasteiger partial charge on any atom is 0.0304 e. The van der Waals surface area contributed by atoms with Gasteiger partial charge in [0.05, 0.1) is 0 Å². The van der Waals surface area contributed by atoms with Gasteiger partial charge in [-0.2, -0.15) is 0 Å². The number of nitrogens with zero attached hydrogens (tertiary/aromatic N) is 1. The largest absolute Gasteiger partial charge is 0.308 e. The zero-order chi connectivity index (χ0) is 15.1. The Morgan fingerprint density at radius 3 is 2.52 bits per heavy atom. The summed E-state index contributed by atoms with van der Waals surface area (Å²) in [4.78, 5) is 4.11. The van der Waals surface area contributed by atoms with E-state index in [0.717, 1.165) is 6.54 Å². The Bertz CT molecular complexity index is 403. The summed E-state index contributed by atoms with van der Waals surface area (Å²) in [6, 6.07) is 11.5. The second kappa shape index (κ2) is 8.21. The Morgan fingerprint density at radius 2 is 1.90 bits per heavy atom. The summed E-state index contributed by atoms with van der Waals surface area (Å²) in [6.07, 6.45) is 3.69. The van der Waals surface area contributed by atoms with E-state index in [0.29, 0.717) is 11.6 Å². The van der Waals surface area contributed by atoms with Gasteiger partial charge in [-0.3, -0.25) is 4.90 Å². The molecule has 1 aromatic rings. The Kier molecular flexibility index (Phi) is 6.59. The summed E-state index contributed by atoms with van der Waals surface area (Å²) in [5.41, 5.74) is 0.336. The van der Waals surface area contributed by atoms with Gasteiger partial charge in [0, 0.05) is 41.9 Å². The number of rotatable bonds is 7. The Balaban J connectivity index is 1.89. The number of piperazine rings is 1. The standard InChI is InChI=1S/C18H30N2S/c1-4-16-14-19-18(5-2,6-3)15-20(16)12-13-21-17-10-8-7-9-11-17/h7-11,16,19H,4-6,12-15H2,1-3H3. The van der Waals surface area contributed by atoms with Crippen molar-refractivity contribution in [2.24, 2.45) is 0 Å². The number of nitrogens with one attached hydrogen (secondary N) is 1. The van der Waals surface area contributed by atoms with Crippen LogP contribution in [0.2, 0.25) is 0 Å². The van der Waals surface area contributed by atoms with E-state index >= 15 is 0 Å². The van der Waals surface area contributed by atoms with Crippen molar-refractivity contribution in [3.05, 3.63) is 30.3 Å². The van der Waals surface area contributed by atoms with E-state index in [1.807, 2.05) is 11.8 Å². The molecule has 1 saturated heterocycles. The average Bonchev–Trinajstić information content (AvgIpc) is 2.55. The van der Waals surface area contributed by atoms with Crippen molar-refractivity contribution in [2.45, 2.75) is 56.5 Å². The first-order valence-corrected chi connectivity index (χ1v) is 9.38. The fourth-order valence-electron chi connectivity index (χ4n) is 3.22. The average molecular weight is 307 g/mol. The first-order chi connectivity index (χ1) is 10.2. The van der Waals surface area contributed by atoms with Crippen LogP contribution in [-0.4, -0.2) is 41.9 Å². The molecule has 2 rings (SSSR count). The SMILES string of the molecule is CCC1CNC(CC)(CC)CN1CCSc1ccccc1. The molecule has 0 saturated carbocycles. The fraction of sp³-hybridized carbons (Fsp3) is 0.667. The Labute approximate surface area is 134 Å². The summed E-state index contributed by atoms with van der Waals surface area (Å²) in [5.74, 6) is 1.18. The van der Waals surface area contributed by atoms with Crippen LogP contribution in [0.15, 0.2) is 35.2 Å². The van der Waals surface area contributed by atoms with Gasteiger partial charge >= 0.3 is 0 Å². The highest BCUT2D eigenvalue weighted by atomic mass is 32.2. The second-order valence-corrected chi connectivity index (χ2v) is 7.23. The minimum absolute atomic E-state index is 0.336. The quantitative estimate of drug-likeness (QED) is 0.766. The summed E-state index contributed by atoms with van der Waals surface area (Å²) in [5, 5.41) is 3.82. The topological polar surface area (TPSA) is 15.3 Å². The van der Waals surface area contributed by atoms with Crippen LogP contribution in [-0.2, 0) is 0 Å². The molecule has 1 heterocycles. The molecule has 1 N–H and O–H groups in total. The van der Waals surface area contributed by atoms with E-state index < -0.39 is 0 Å². The molecule has 0 aliphatic carbocycles. The molecule has 0 aromatic heterocycles. The lowest BCUT2D eigenvalue weighted by molar-refractivity contribution is 0.0764. The number of hydrogen-bond acceptors (Lipinski definition) is 3. The van der Waals surface area contributed by atoms with E-state index in [4.69, 9.17) is 0 Å². The predicted molar refractivity (Wildman–Crippen MR) is 94.1 cm³/mol. The molecular weight excluding hydrogens is 276 g/mol. The smallest absolute Gasteiger partial charge is 0.0304 e. The minimum atomic E-state index is 0.336. The van der Waals surface area contributed by atoms with E-state index in [9.17, 15) is 0 Å². The van der Waals surface area contributed by atoms with E-state index in [2.05, 4.69) is 61.3 Å². The maximum absolute atomic E-state index is 3.82. The normalized spacial score (nSPS) is 22.3. The molecular formula is C18H30N2S. The number of thioether (sulfide) groups is 1. The predicted octanol–water partition coefficient (Wildman–Crippen LogP) is 4.02. The van der Waals surface area contributed by atoms with Gasteiger partial charge in [-0.05, 0) is 31.4 Å². The molecule has 0 spiro atoms. The van der Waals surface area contributed by atoms with Crippen molar-refractivity contribution in [3.63, 3.8) is 0 Å². The highest BCUT2D eigenvalue weighted by molar-refractivity contribution is 7.99. The van der Waals surface area contributed by atoms with E-state index in [-0.39, 0.29) is 0 Å². The first kappa shape index (κ1) is 16.9. The molecule has 0 radical (unpaired) electrons. The van der Waals surface area contributed by atoms with Crippen molar-refractivity contribution in [1.29, 1.82) is 0 Å². The van der Waals surface area contributed by atoms with Gasteiger partial charge in [0.1, 0.15) is 0 Å². The monoisotopic (exact) mass is 306 g/mol. The molecule has 1 fully saturated rings. The molecule has 1 aromatic carbocycles. The lowest BCUT2D eigenvalue weighted by Gasteiger charge is -2.47. The maximum atomic E-state index is 3.82. The summed E-state index contributed by atoms with van der Waals surface area (Å²) in [6.45, 7) is 10.5. The van der Waals surface area contributed by atoms with Crippen LogP contribution < -0.4 is 5.32 Å². The first-order valence-electron chi connectivity index (χ1n) is 8.40. The third-order valence-corrected chi connectivity index (χ3v) is 5.94. The van der Waals surface area contributed by atoms with Gasteiger partial charge in [-0.15, -0.1) is 11.8 Å². The summed E-state index contributed by atoms with van der Waals surface area (Å²) >= 11 is 1.98. The van der Waals surface area contributed by atoms with Gasteiger partial charge in [0.25, 0.3) is 0 Å². The van der Waals surface area contributed by atoms with Crippen molar-refractivity contribution >= 4 is 11.8 Å². The van der Waals surface area contributed by atoms with Gasteiger partial charge in [0.15, 0.2) is 0 Å². The molecule has 118 valence electrons. The second-order valence-electron chi connectivity index (χ2n) is 6.06. The van der Waals surface area contributed by atoms with Crippen LogP contribution >= 0.6 is 11.8 Å². The third-order valence-electron chi connectivity index (χ3n) is 4.95. The van der Waals surface area contributed by atoms with Crippen LogP contribution in [0.5, 0.6) is 0 Å². The molecule has 1 unspecified atom stereocenters. The third kappa shape index (κ3) is 4.48. The lowest BCUT2D eigenvalue weighted by Crippen LogP contribution is -2.63. The minimum Gasteiger partial charge on any atom is -0.308 e. The van der Waals surface area contributed by atoms with Gasteiger partial charge in [0.2, 0.25) is 0 Å². The molecule has 2 nitrogen and oxygen atoms in total. The summed E-state index contributed by atoms with van der Waals surface area (Å²) in [7, 11) is 0. The van der Waals surface area contributed by atoms with Gasteiger partial charge in [-0.1, -0.05) is 39.0 Å². The zero-order valence-corrected chi connectivity index (χ0v) is 14.6. The van der Waals surface area contributed by atoms with Crippen molar-refractivity contribution < 1.29 is 0 Å². The molecule has 0 bridgehead atoms. The van der Waals surface area contributed by atoms with Crippen molar-refractivity contribution in [1.82, 2.24) is 10.2 Å². The van der Waals surface area contributed by atoms with Crippen LogP contribution in [0.25, 0.3) is 0 Å². The van der Waals surface area contributed by atoms with Gasteiger partial charge < -0.3 is 5.32 Å². The molecule has 21 heavy (non-hydrogen) atoms. The van der Waals surface area contributed by atoms with Crippen molar-refractivity contribution in [3.8, 4) is 0 Å². The van der Waals surface area contributed by atoms with Crippen molar-refractivity contribution in [2.75, 3.05) is 25.4 Å². The van der Waals surface area contributed by atoms with Crippen LogP contribution in [0.4, 0.5) is 0 Å². The van der Waals surface area contributed by atoms with Crippen LogP contribution in [0, 0.1) is 0 Å². The number of hydrogen-bond donors (Lipinski definition) is 1.